The summed E-state index contributed by atoms with van der Waals surface area (Å²) >= 11 is 0. The van der Waals surface area contributed by atoms with Gasteiger partial charge in [-0.1, -0.05) is 6.07 Å². The zero-order valence-corrected chi connectivity index (χ0v) is 9.99. The van der Waals surface area contributed by atoms with Crippen molar-refractivity contribution in [3.63, 3.8) is 0 Å². The Balaban J connectivity index is 2.20. The zero-order valence-electron chi connectivity index (χ0n) is 9.99. The number of hydrogen-bond donors (Lipinski definition) is 1. The van der Waals surface area contributed by atoms with E-state index in [-0.39, 0.29) is 0 Å². The lowest BCUT2D eigenvalue weighted by Gasteiger charge is -2.03. The Bertz CT molecular complexity index is 680. The molecule has 2 nitrogen and oxygen atoms in total. The first-order chi connectivity index (χ1) is 8.24. The predicted octanol–water partition coefficient (Wildman–Crippen LogP) is 3.85. The highest BCUT2D eigenvalue weighted by atomic mass is 14.7. The van der Waals surface area contributed by atoms with Gasteiger partial charge in [0, 0.05) is 35.1 Å². The zero-order chi connectivity index (χ0) is 11.8. The minimum absolute atomic E-state index is 1.17. The first-order valence-electron chi connectivity index (χ1n) is 5.74. The lowest BCUT2D eigenvalue weighted by molar-refractivity contribution is 1.27. The first-order valence-corrected chi connectivity index (χ1v) is 5.74. The molecule has 0 aliphatic heterocycles. The number of pyridine rings is 1. The summed E-state index contributed by atoms with van der Waals surface area (Å²) in [6.07, 6.45) is 5.84. The van der Waals surface area contributed by atoms with E-state index in [0.29, 0.717) is 0 Å². The van der Waals surface area contributed by atoms with Crippen molar-refractivity contribution in [3.8, 4) is 11.1 Å². The van der Waals surface area contributed by atoms with Crippen LogP contribution in [-0.4, -0.2) is 9.97 Å². The standard InChI is InChI=1S/C15H14N2/c1-10-5-13(9-16-7-10)12-3-4-15-14(6-12)11(2)8-17-15/h3-9,17H,1-2H3. The van der Waals surface area contributed by atoms with Crippen LogP contribution in [-0.2, 0) is 0 Å². The molecule has 0 spiro atoms. The molecule has 0 saturated carbocycles. The average molecular weight is 222 g/mol. The molecule has 17 heavy (non-hydrogen) atoms. The van der Waals surface area contributed by atoms with Crippen LogP contribution in [0.15, 0.2) is 42.9 Å². The van der Waals surface area contributed by atoms with Gasteiger partial charge in [0.2, 0.25) is 0 Å². The second kappa shape index (κ2) is 3.74. The van der Waals surface area contributed by atoms with Crippen molar-refractivity contribution in [1.82, 2.24) is 9.97 Å². The van der Waals surface area contributed by atoms with Crippen molar-refractivity contribution in [2.75, 3.05) is 0 Å². The highest BCUT2D eigenvalue weighted by Crippen LogP contribution is 2.25. The van der Waals surface area contributed by atoms with Gasteiger partial charge >= 0.3 is 0 Å². The normalized spacial score (nSPS) is 10.9. The van der Waals surface area contributed by atoms with Crippen LogP contribution >= 0.6 is 0 Å². The number of aromatic nitrogens is 2. The Morgan fingerprint density at radius 3 is 2.71 bits per heavy atom. The van der Waals surface area contributed by atoms with Gasteiger partial charge in [0.25, 0.3) is 0 Å². The van der Waals surface area contributed by atoms with E-state index < -0.39 is 0 Å². The van der Waals surface area contributed by atoms with Crippen LogP contribution in [0.25, 0.3) is 22.0 Å². The topological polar surface area (TPSA) is 28.7 Å². The molecule has 84 valence electrons. The molecular formula is C15H14N2. The van der Waals surface area contributed by atoms with Crippen LogP contribution in [0.3, 0.4) is 0 Å². The number of nitrogens with one attached hydrogen (secondary N) is 1. The molecule has 0 amide bonds. The van der Waals surface area contributed by atoms with Gasteiger partial charge in [-0.2, -0.15) is 0 Å². The fourth-order valence-corrected chi connectivity index (χ4v) is 2.15. The summed E-state index contributed by atoms with van der Waals surface area (Å²) in [5, 5.41) is 1.28. The van der Waals surface area contributed by atoms with Gasteiger partial charge in [0.05, 0.1) is 0 Å². The summed E-state index contributed by atoms with van der Waals surface area (Å²) < 4.78 is 0. The van der Waals surface area contributed by atoms with Crippen LogP contribution in [0.5, 0.6) is 0 Å². The van der Waals surface area contributed by atoms with E-state index in [1.807, 2.05) is 18.6 Å². The second-order valence-corrected chi connectivity index (χ2v) is 4.48. The van der Waals surface area contributed by atoms with E-state index in [4.69, 9.17) is 0 Å². The number of benzene rings is 1. The molecule has 1 N–H and O–H groups in total. The smallest absolute Gasteiger partial charge is 0.0457 e. The van der Waals surface area contributed by atoms with Crippen molar-refractivity contribution < 1.29 is 0 Å². The van der Waals surface area contributed by atoms with Crippen LogP contribution in [0.2, 0.25) is 0 Å². The van der Waals surface area contributed by atoms with Crippen molar-refractivity contribution in [2.24, 2.45) is 0 Å². The Hall–Kier alpha value is -2.09. The molecule has 0 aliphatic rings. The molecule has 0 bridgehead atoms. The van der Waals surface area contributed by atoms with Crippen molar-refractivity contribution in [1.29, 1.82) is 0 Å². The fraction of sp³-hybridized carbons (Fsp3) is 0.133. The molecule has 0 atom stereocenters. The largest absolute Gasteiger partial charge is 0.361 e. The van der Waals surface area contributed by atoms with Crippen LogP contribution in [0.1, 0.15) is 11.1 Å². The third-order valence-corrected chi connectivity index (χ3v) is 3.10. The van der Waals surface area contributed by atoms with Gasteiger partial charge in [0.1, 0.15) is 0 Å². The van der Waals surface area contributed by atoms with Gasteiger partial charge < -0.3 is 4.98 Å². The first kappa shape index (κ1) is 10.1. The number of nitrogens with zero attached hydrogens (tertiary/aromatic N) is 1. The van der Waals surface area contributed by atoms with E-state index in [1.165, 1.54) is 33.2 Å². The molecule has 2 heteroatoms. The van der Waals surface area contributed by atoms with E-state index in [0.717, 1.165) is 0 Å². The van der Waals surface area contributed by atoms with Crippen molar-refractivity contribution in [3.05, 3.63) is 54.0 Å². The predicted molar refractivity (Wildman–Crippen MR) is 71.0 cm³/mol. The summed E-state index contributed by atoms with van der Waals surface area (Å²) in [6.45, 7) is 4.19. The molecule has 1 aromatic carbocycles. The molecule has 0 unspecified atom stereocenters. The molecule has 0 saturated heterocycles. The van der Waals surface area contributed by atoms with E-state index in [9.17, 15) is 0 Å². The molecule has 2 heterocycles. The lowest BCUT2D eigenvalue weighted by atomic mass is 10.0. The summed E-state index contributed by atoms with van der Waals surface area (Å²) in [4.78, 5) is 7.51. The van der Waals surface area contributed by atoms with Crippen LogP contribution in [0, 0.1) is 13.8 Å². The minimum Gasteiger partial charge on any atom is -0.361 e. The molecule has 0 aliphatic carbocycles. The number of aromatic amines is 1. The monoisotopic (exact) mass is 222 g/mol. The van der Waals surface area contributed by atoms with E-state index >= 15 is 0 Å². The minimum atomic E-state index is 1.17. The SMILES string of the molecule is Cc1cncc(-c2ccc3[nH]cc(C)c3c2)c1. The van der Waals surface area contributed by atoms with Gasteiger partial charge in [-0.25, -0.2) is 0 Å². The number of rotatable bonds is 1. The maximum absolute atomic E-state index is 4.24. The summed E-state index contributed by atoms with van der Waals surface area (Å²) in [6, 6.07) is 8.64. The maximum Gasteiger partial charge on any atom is 0.0457 e. The number of fused-ring (bicyclic) bond motifs is 1. The van der Waals surface area contributed by atoms with Crippen molar-refractivity contribution in [2.45, 2.75) is 13.8 Å². The number of aryl methyl sites for hydroxylation is 2. The molecule has 0 radical (unpaired) electrons. The average Bonchev–Trinajstić information content (AvgIpc) is 2.71. The van der Waals surface area contributed by atoms with Gasteiger partial charge in [-0.15, -0.1) is 0 Å². The summed E-state index contributed by atoms with van der Waals surface area (Å²) in [5.41, 5.74) is 6.05. The van der Waals surface area contributed by atoms with Gasteiger partial charge in [-0.3, -0.25) is 4.98 Å². The molecular weight excluding hydrogens is 208 g/mol. The molecule has 0 fully saturated rings. The van der Waals surface area contributed by atoms with Crippen LogP contribution < -0.4 is 0 Å². The Kier molecular flexibility index (Phi) is 2.22. The maximum atomic E-state index is 4.24. The van der Waals surface area contributed by atoms with Gasteiger partial charge in [0.15, 0.2) is 0 Å². The third kappa shape index (κ3) is 1.72. The Morgan fingerprint density at radius 1 is 1.00 bits per heavy atom. The molecule has 3 rings (SSSR count). The van der Waals surface area contributed by atoms with Gasteiger partial charge in [-0.05, 0) is 48.7 Å². The summed E-state index contributed by atoms with van der Waals surface area (Å²) in [7, 11) is 0. The van der Waals surface area contributed by atoms with Crippen LogP contribution in [0.4, 0.5) is 0 Å². The quantitative estimate of drug-likeness (QED) is 0.665. The van der Waals surface area contributed by atoms with Crippen molar-refractivity contribution >= 4 is 10.9 Å². The van der Waals surface area contributed by atoms with E-state index in [1.54, 1.807) is 0 Å². The highest BCUT2D eigenvalue weighted by molar-refractivity contribution is 5.87. The second-order valence-electron chi connectivity index (χ2n) is 4.48. The Morgan fingerprint density at radius 2 is 1.88 bits per heavy atom. The molecule has 3 aromatic rings. The number of H-pyrrole nitrogens is 1. The Labute approximate surface area is 100 Å². The summed E-state index contributed by atoms with van der Waals surface area (Å²) in [5.74, 6) is 0. The fourth-order valence-electron chi connectivity index (χ4n) is 2.15. The third-order valence-electron chi connectivity index (χ3n) is 3.10. The number of hydrogen-bond acceptors (Lipinski definition) is 1. The van der Waals surface area contributed by atoms with E-state index in [2.05, 4.69) is 48.1 Å². The molecule has 2 aromatic heterocycles. The lowest BCUT2D eigenvalue weighted by Crippen LogP contribution is -1.82. The highest BCUT2D eigenvalue weighted by Gasteiger charge is 2.03.